The number of hydrogen-bond donors (Lipinski definition) is 6. The van der Waals surface area contributed by atoms with Crippen molar-refractivity contribution in [2.24, 2.45) is 5.92 Å². The molecule has 4 aliphatic rings. The monoisotopic (exact) mass is 814 g/mol. The molecule has 6 N–H and O–H groups in total. The molecule has 2 saturated heterocycles. The third kappa shape index (κ3) is 7.32. The Bertz CT molecular complexity index is 2230. The lowest BCUT2D eigenvalue weighted by atomic mass is 9.72. The first-order chi connectivity index (χ1) is 28.1. The predicted octanol–water partition coefficient (Wildman–Crippen LogP) is 1.64. The van der Waals surface area contributed by atoms with Gasteiger partial charge < -0.3 is 50.2 Å². The van der Waals surface area contributed by atoms with Gasteiger partial charge >= 0.3 is 0 Å². The second-order valence-corrected chi connectivity index (χ2v) is 15.6. The van der Waals surface area contributed by atoms with Gasteiger partial charge in [-0.05, 0) is 44.9 Å². The molecule has 0 bridgehead atoms. The Morgan fingerprint density at radius 3 is 2.44 bits per heavy atom. The van der Waals surface area contributed by atoms with E-state index in [4.69, 9.17) is 14.2 Å². The van der Waals surface area contributed by atoms with Crippen molar-refractivity contribution in [2.45, 2.75) is 95.1 Å². The van der Waals surface area contributed by atoms with Crippen LogP contribution in [0.15, 0.2) is 42.7 Å². The molecule has 3 heterocycles. The van der Waals surface area contributed by atoms with Crippen molar-refractivity contribution in [3.63, 3.8) is 0 Å². The molecule has 7 rings (SSSR count). The number of carbonyl (C=O) groups is 6. The number of aliphatic hydroxyl groups excluding tert-OH is 1. The topological polar surface area (TPSA) is 251 Å². The standard InChI is InChI=1S/C42H46N4O13/c1-19-21(3)58-30(15-25(19)45-40(54)26-8-6-14-46(26)41(55)20(2)44-39(53)22-10-12-43-13-11-22)59-28-17-42(56,29(48)18-47)16-24-32(28)38(52)34-33(36(24)50)35(49)23-7-5-9-27(57-4)31(23)37(34)51/h5,7,9-13,19-21,25-26,28,30,47,50,52,56H,6,8,14-18H2,1-4H3,(H,44,53)(H,45,54)/t19-,20+,21-,25-,26-,28-,30-,42-/m0/s1. The summed E-state index contributed by atoms with van der Waals surface area (Å²) in [4.78, 5) is 86.4. The number of nitrogens with zero attached hydrogens (tertiary/aromatic N) is 2. The van der Waals surface area contributed by atoms with Crippen LogP contribution >= 0.6 is 0 Å². The second-order valence-electron chi connectivity index (χ2n) is 15.6. The van der Waals surface area contributed by atoms with E-state index in [0.29, 0.717) is 24.9 Å². The second kappa shape index (κ2) is 16.1. The molecule has 2 aliphatic heterocycles. The number of aromatic nitrogens is 1. The Morgan fingerprint density at radius 1 is 1.03 bits per heavy atom. The maximum Gasteiger partial charge on any atom is 0.252 e. The number of amides is 3. The van der Waals surface area contributed by atoms with Crippen molar-refractivity contribution >= 4 is 35.1 Å². The number of rotatable bonds is 10. The highest BCUT2D eigenvalue weighted by molar-refractivity contribution is 6.31. The third-order valence-corrected chi connectivity index (χ3v) is 12.1. The van der Waals surface area contributed by atoms with Crippen molar-refractivity contribution in [3.8, 4) is 17.2 Å². The number of phenols is 2. The summed E-state index contributed by atoms with van der Waals surface area (Å²) in [5.41, 5.74) is -3.61. The molecule has 17 heteroatoms. The minimum atomic E-state index is -2.33. The van der Waals surface area contributed by atoms with E-state index in [-0.39, 0.29) is 40.3 Å². The maximum absolute atomic E-state index is 14.0. The first kappa shape index (κ1) is 41.4. The van der Waals surface area contributed by atoms with Crippen molar-refractivity contribution < 1.29 is 63.4 Å². The van der Waals surface area contributed by atoms with Crippen LogP contribution in [0.2, 0.25) is 0 Å². The van der Waals surface area contributed by atoms with Crippen LogP contribution in [0.4, 0.5) is 0 Å². The zero-order chi connectivity index (χ0) is 42.5. The number of fused-ring (bicyclic) bond motifs is 3. The van der Waals surface area contributed by atoms with Gasteiger partial charge in [0.05, 0.1) is 36.0 Å². The molecule has 2 aliphatic carbocycles. The summed E-state index contributed by atoms with van der Waals surface area (Å²) in [7, 11) is 1.31. The molecule has 0 saturated carbocycles. The Morgan fingerprint density at radius 2 is 1.75 bits per heavy atom. The fourth-order valence-electron chi connectivity index (χ4n) is 8.70. The van der Waals surface area contributed by atoms with E-state index >= 15 is 0 Å². The summed E-state index contributed by atoms with van der Waals surface area (Å²) in [6.07, 6.45) is -0.406. The molecule has 2 fully saturated rings. The SMILES string of the molecule is COc1cccc2c1C(=O)c1c(O)c3c(c(O)c1C2=O)C[C@@](O)(C(=O)CO)C[C@@H]3O[C@H]1C[C@H](NC(=O)[C@@H]2CCCN2C(=O)[C@@H](C)NC(=O)c2ccncc2)[C@@H](C)[C@H](C)O1. The number of likely N-dealkylation sites (tertiary alicyclic amines) is 1. The van der Waals surface area contributed by atoms with E-state index in [1.54, 1.807) is 13.8 Å². The lowest BCUT2D eigenvalue weighted by molar-refractivity contribution is -0.238. The molecule has 0 unspecified atom stereocenters. The number of methoxy groups -OCH3 is 1. The lowest BCUT2D eigenvalue weighted by Crippen LogP contribution is -2.57. The lowest BCUT2D eigenvalue weighted by Gasteiger charge is -2.43. The molecule has 0 spiro atoms. The van der Waals surface area contributed by atoms with Gasteiger partial charge in [-0.3, -0.25) is 33.8 Å². The zero-order valence-electron chi connectivity index (χ0n) is 32.9. The van der Waals surface area contributed by atoms with Crippen LogP contribution in [-0.4, -0.2) is 122 Å². The van der Waals surface area contributed by atoms with Crippen LogP contribution in [0.25, 0.3) is 0 Å². The van der Waals surface area contributed by atoms with Gasteiger partial charge in [0, 0.05) is 72.4 Å². The third-order valence-electron chi connectivity index (χ3n) is 12.1. The Kier molecular flexibility index (Phi) is 11.3. The molecule has 0 radical (unpaired) electrons. The molecular formula is C42H46N4O13. The number of phenolic OH excluding ortho intramolecular Hbond substituents is 2. The van der Waals surface area contributed by atoms with E-state index in [9.17, 15) is 49.2 Å². The van der Waals surface area contributed by atoms with Gasteiger partial charge in [-0.15, -0.1) is 0 Å². The maximum atomic E-state index is 14.0. The first-order valence-electron chi connectivity index (χ1n) is 19.5. The average molecular weight is 815 g/mol. The predicted molar refractivity (Wildman–Crippen MR) is 205 cm³/mol. The van der Waals surface area contributed by atoms with E-state index in [0.717, 1.165) is 0 Å². The smallest absolute Gasteiger partial charge is 0.252 e. The summed E-state index contributed by atoms with van der Waals surface area (Å²) in [5, 5.41) is 50.7. The van der Waals surface area contributed by atoms with E-state index in [2.05, 4.69) is 15.6 Å². The van der Waals surface area contributed by atoms with Gasteiger partial charge in [0.1, 0.15) is 41.5 Å². The fourth-order valence-corrected chi connectivity index (χ4v) is 8.70. The van der Waals surface area contributed by atoms with Gasteiger partial charge in [-0.25, -0.2) is 0 Å². The van der Waals surface area contributed by atoms with Crippen LogP contribution in [0.3, 0.4) is 0 Å². The minimum Gasteiger partial charge on any atom is -0.507 e. The van der Waals surface area contributed by atoms with Crippen molar-refractivity contribution in [1.29, 1.82) is 0 Å². The van der Waals surface area contributed by atoms with Crippen LogP contribution in [-0.2, 0) is 30.3 Å². The van der Waals surface area contributed by atoms with Gasteiger partial charge in [0.25, 0.3) is 5.91 Å². The number of ketones is 3. The van der Waals surface area contributed by atoms with Gasteiger partial charge in [0.2, 0.25) is 17.6 Å². The fraction of sp³-hybridized carbons (Fsp3) is 0.452. The van der Waals surface area contributed by atoms with Gasteiger partial charge in [0.15, 0.2) is 17.9 Å². The highest BCUT2D eigenvalue weighted by Gasteiger charge is 2.50. The van der Waals surface area contributed by atoms with E-state index < -0.39 is 119 Å². The molecule has 59 heavy (non-hydrogen) atoms. The van der Waals surface area contributed by atoms with Crippen LogP contribution < -0.4 is 15.4 Å². The number of aliphatic hydroxyl groups is 2. The number of Topliss-reactive ketones (excluding diaryl/α,β-unsaturated/α-hetero) is 1. The quantitative estimate of drug-likeness (QED) is 0.125. The largest absolute Gasteiger partial charge is 0.507 e. The highest BCUT2D eigenvalue weighted by Crippen LogP contribution is 2.52. The molecule has 8 atom stereocenters. The van der Waals surface area contributed by atoms with Crippen molar-refractivity contribution in [3.05, 3.63) is 81.7 Å². The molecule has 312 valence electrons. The zero-order valence-corrected chi connectivity index (χ0v) is 32.9. The number of pyridine rings is 1. The molecule has 3 amide bonds. The van der Waals surface area contributed by atoms with Crippen LogP contribution in [0.1, 0.15) is 106 Å². The molecule has 1 aromatic heterocycles. The molecule has 2 aromatic carbocycles. The molecular weight excluding hydrogens is 768 g/mol. The Balaban J connectivity index is 1.14. The number of carbonyl (C=O) groups excluding carboxylic acids is 6. The summed E-state index contributed by atoms with van der Waals surface area (Å²) in [6.45, 7) is 4.40. The highest BCUT2D eigenvalue weighted by atomic mass is 16.7. The van der Waals surface area contributed by atoms with Crippen molar-refractivity contribution in [1.82, 2.24) is 20.5 Å². The number of benzene rings is 2. The normalized spacial score (nSPS) is 26.6. The number of aromatic hydroxyl groups is 2. The van der Waals surface area contributed by atoms with Gasteiger partial charge in [-0.1, -0.05) is 19.1 Å². The van der Waals surface area contributed by atoms with Crippen LogP contribution in [0.5, 0.6) is 17.2 Å². The van der Waals surface area contributed by atoms with E-state index in [1.807, 2.05) is 6.92 Å². The average Bonchev–Trinajstić information content (AvgIpc) is 3.72. The molecule has 17 nitrogen and oxygen atoms in total. The van der Waals surface area contributed by atoms with E-state index in [1.165, 1.54) is 54.7 Å². The molecule has 3 aromatic rings. The Hall–Kier alpha value is -5.75. The number of nitrogens with one attached hydrogen (secondary N) is 2. The van der Waals surface area contributed by atoms with Crippen LogP contribution in [0, 0.1) is 5.92 Å². The first-order valence-corrected chi connectivity index (χ1v) is 19.5. The summed E-state index contributed by atoms with van der Waals surface area (Å²) in [5.74, 6) is -5.58. The summed E-state index contributed by atoms with van der Waals surface area (Å²) in [6, 6.07) is 5.04. The van der Waals surface area contributed by atoms with Crippen molar-refractivity contribution in [2.75, 3.05) is 20.3 Å². The Labute approximate surface area is 338 Å². The summed E-state index contributed by atoms with van der Waals surface area (Å²) < 4.78 is 17.9. The number of ether oxygens (including phenoxy) is 3. The summed E-state index contributed by atoms with van der Waals surface area (Å²) >= 11 is 0. The van der Waals surface area contributed by atoms with Gasteiger partial charge in [-0.2, -0.15) is 0 Å². The minimum absolute atomic E-state index is 0.0220. The number of hydrogen-bond acceptors (Lipinski definition) is 14.